The number of nitrogens with two attached hydrogens (primary N) is 1. The van der Waals surface area contributed by atoms with Gasteiger partial charge in [-0.2, -0.15) is 0 Å². The third-order valence-electron chi connectivity index (χ3n) is 4.11. The maximum Gasteiger partial charge on any atom is 0.417 e. The maximum absolute atomic E-state index is 12.6. The van der Waals surface area contributed by atoms with Gasteiger partial charge in [-0.25, -0.2) is 14.5 Å². The van der Waals surface area contributed by atoms with E-state index in [0.717, 1.165) is 10.5 Å². The Labute approximate surface area is 176 Å². The first-order valence-corrected chi connectivity index (χ1v) is 9.62. The third kappa shape index (κ3) is 6.45. The lowest BCUT2D eigenvalue weighted by Gasteiger charge is -2.37. The van der Waals surface area contributed by atoms with Crippen molar-refractivity contribution in [3.05, 3.63) is 35.9 Å². The average Bonchev–Trinajstić information content (AvgIpc) is 2.69. The number of hydrogen-bond donors (Lipinski definition) is 2. The molecule has 30 heavy (non-hydrogen) atoms. The fraction of sp³-hybridized carbons (Fsp3) is 0.500. The van der Waals surface area contributed by atoms with Gasteiger partial charge in [0.1, 0.15) is 18.2 Å². The first-order chi connectivity index (χ1) is 14.1. The number of benzene rings is 1. The molecule has 1 unspecified atom stereocenters. The Balaban J connectivity index is 2.12. The van der Waals surface area contributed by atoms with Gasteiger partial charge in [-0.1, -0.05) is 30.3 Å². The lowest BCUT2D eigenvalue weighted by atomic mass is 10.2. The molecule has 1 aliphatic heterocycles. The van der Waals surface area contributed by atoms with E-state index >= 15 is 0 Å². The highest BCUT2D eigenvalue weighted by molar-refractivity contribution is 6.08. The van der Waals surface area contributed by atoms with E-state index in [1.54, 1.807) is 20.8 Å². The van der Waals surface area contributed by atoms with Crippen molar-refractivity contribution < 1.29 is 23.9 Å². The first kappa shape index (κ1) is 23.1. The minimum absolute atomic E-state index is 0.0435. The van der Waals surface area contributed by atoms with Crippen LogP contribution in [0.4, 0.5) is 9.59 Å². The van der Waals surface area contributed by atoms with Gasteiger partial charge in [0.15, 0.2) is 0 Å². The van der Waals surface area contributed by atoms with Crippen molar-refractivity contribution in [2.45, 2.75) is 39.0 Å². The quantitative estimate of drug-likeness (QED) is 0.741. The van der Waals surface area contributed by atoms with E-state index in [2.05, 4.69) is 10.3 Å². The van der Waals surface area contributed by atoms with Gasteiger partial charge in [-0.05, 0) is 26.3 Å². The molecule has 1 fully saturated rings. The Bertz CT molecular complexity index is 791. The fourth-order valence-electron chi connectivity index (χ4n) is 2.62. The largest absolute Gasteiger partial charge is 0.445 e. The minimum atomic E-state index is -0.974. The van der Waals surface area contributed by atoms with Crippen molar-refractivity contribution >= 4 is 24.1 Å². The molecule has 1 aliphatic rings. The standard InChI is InChI=1S/C20H29N5O5/c1-20(2,3)30-19(28)25-12-15(16(26)23-17(25)22-11-10-21)24(4)18(27)29-13-14-8-6-5-7-9-14/h5-9,15H,10-13,21H2,1-4H3,(H,22,23,26). The summed E-state index contributed by atoms with van der Waals surface area (Å²) < 4.78 is 10.7. The van der Waals surface area contributed by atoms with Crippen molar-refractivity contribution in [2.24, 2.45) is 10.7 Å². The monoisotopic (exact) mass is 419 g/mol. The summed E-state index contributed by atoms with van der Waals surface area (Å²) in [5.74, 6) is -0.438. The number of rotatable bonds is 5. The summed E-state index contributed by atoms with van der Waals surface area (Å²) in [6, 6.07) is 8.21. The molecule has 10 heteroatoms. The van der Waals surface area contributed by atoms with Crippen LogP contribution in [-0.2, 0) is 20.9 Å². The number of hydrogen-bond acceptors (Lipinski definition) is 7. The van der Waals surface area contributed by atoms with Gasteiger partial charge >= 0.3 is 12.2 Å². The van der Waals surface area contributed by atoms with Crippen molar-refractivity contribution in [1.29, 1.82) is 0 Å². The lowest BCUT2D eigenvalue weighted by Crippen LogP contribution is -2.64. The molecule has 164 valence electrons. The van der Waals surface area contributed by atoms with E-state index < -0.39 is 29.7 Å². The summed E-state index contributed by atoms with van der Waals surface area (Å²) >= 11 is 0. The lowest BCUT2D eigenvalue weighted by molar-refractivity contribution is -0.125. The SMILES string of the molecule is CN(C(=O)OCc1ccccc1)C1CN(C(=O)OC(C)(C)C)C(=NCCN)NC1=O. The van der Waals surface area contributed by atoms with Crippen LogP contribution in [0.5, 0.6) is 0 Å². The molecule has 0 radical (unpaired) electrons. The highest BCUT2D eigenvalue weighted by atomic mass is 16.6. The van der Waals surface area contributed by atoms with Crippen molar-refractivity contribution in [1.82, 2.24) is 15.1 Å². The second-order valence-corrected chi connectivity index (χ2v) is 7.74. The molecular weight excluding hydrogens is 390 g/mol. The molecule has 1 atom stereocenters. The summed E-state index contributed by atoms with van der Waals surface area (Å²) in [6.07, 6.45) is -1.38. The highest BCUT2D eigenvalue weighted by Crippen LogP contribution is 2.15. The Morgan fingerprint density at radius 1 is 1.30 bits per heavy atom. The first-order valence-electron chi connectivity index (χ1n) is 9.62. The number of nitrogens with zero attached hydrogens (tertiary/aromatic N) is 3. The molecule has 0 spiro atoms. The number of carbonyl (C=O) groups is 3. The number of amides is 3. The zero-order chi connectivity index (χ0) is 22.3. The van der Waals surface area contributed by atoms with Crippen LogP contribution in [0, 0.1) is 0 Å². The van der Waals surface area contributed by atoms with E-state index in [1.165, 1.54) is 11.9 Å². The van der Waals surface area contributed by atoms with Gasteiger partial charge in [-0.15, -0.1) is 0 Å². The molecule has 1 aromatic rings. The topological polar surface area (TPSA) is 127 Å². The zero-order valence-electron chi connectivity index (χ0n) is 17.8. The molecule has 0 saturated carbocycles. The minimum Gasteiger partial charge on any atom is -0.445 e. The van der Waals surface area contributed by atoms with E-state index in [9.17, 15) is 14.4 Å². The highest BCUT2D eigenvalue weighted by Gasteiger charge is 2.40. The summed E-state index contributed by atoms with van der Waals surface area (Å²) in [7, 11) is 1.44. The predicted molar refractivity (Wildman–Crippen MR) is 111 cm³/mol. The van der Waals surface area contributed by atoms with Crippen LogP contribution in [0.2, 0.25) is 0 Å². The number of nitrogens with one attached hydrogen (secondary N) is 1. The van der Waals surface area contributed by atoms with E-state index in [4.69, 9.17) is 15.2 Å². The number of ether oxygens (including phenoxy) is 2. The summed E-state index contributed by atoms with van der Waals surface area (Å²) in [4.78, 5) is 44.2. The second-order valence-electron chi connectivity index (χ2n) is 7.74. The third-order valence-corrected chi connectivity index (χ3v) is 4.11. The molecule has 0 bridgehead atoms. The van der Waals surface area contributed by atoms with Crippen LogP contribution in [0.3, 0.4) is 0 Å². The molecule has 0 aliphatic carbocycles. The fourth-order valence-corrected chi connectivity index (χ4v) is 2.62. The molecule has 3 N–H and O–H groups in total. The Morgan fingerprint density at radius 3 is 2.57 bits per heavy atom. The zero-order valence-corrected chi connectivity index (χ0v) is 17.8. The van der Waals surface area contributed by atoms with Gasteiger partial charge < -0.3 is 15.2 Å². The summed E-state index contributed by atoms with van der Waals surface area (Å²) in [5.41, 5.74) is 5.55. The van der Waals surface area contributed by atoms with Crippen LogP contribution in [0.15, 0.2) is 35.3 Å². The Hall–Kier alpha value is -3.14. The summed E-state index contributed by atoms with van der Waals surface area (Å²) in [6.45, 7) is 5.60. The van der Waals surface area contributed by atoms with Crippen LogP contribution in [-0.4, -0.2) is 72.2 Å². The van der Waals surface area contributed by atoms with Crippen molar-refractivity contribution in [3.8, 4) is 0 Å². The maximum atomic E-state index is 12.6. The average molecular weight is 419 g/mol. The van der Waals surface area contributed by atoms with Gasteiger partial charge in [-0.3, -0.25) is 20.0 Å². The van der Waals surface area contributed by atoms with Crippen LogP contribution < -0.4 is 11.1 Å². The molecule has 0 aromatic heterocycles. The van der Waals surface area contributed by atoms with Gasteiger partial charge in [0.25, 0.3) is 5.91 Å². The number of guanidine groups is 1. The molecule has 1 aromatic carbocycles. The molecule has 1 heterocycles. The van der Waals surface area contributed by atoms with Crippen LogP contribution >= 0.6 is 0 Å². The smallest absolute Gasteiger partial charge is 0.417 e. The molecule has 10 nitrogen and oxygen atoms in total. The summed E-state index contributed by atoms with van der Waals surface area (Å²) in [5, 5.41) is 2.56. The molecule has 3 amide bonds. The number of aliphatic imine (C=N–C) groups is 1. The van der Waals surface area contributed by atoms with E-state index in [0.29, 0.717) is 0 Å². The van der Waals surface area contributed by atoms with Gasteiger partial charge in [0, 0.05) is 13.6 Å². The van der Waals surface area contributed by atoms with Gasteiger partial charge in [0.05, 0.1) is 13.1 Å². The Morgan fingerprint density at radius 2 is 1.97 bits per heavy atom. The molecule has 1 saturated heterocycles. The number of carbonyl (C=O) groups excluding carboxylic acids is 3. The van der Waals surface area contributed by atoms with Crippen LogP contribution in [0.1, 0.15) is 26.3 Å². The van der Waals surface area contributed by atoms with Gasteiger partial charge in [0.2, 0.25) is 5.96 Å². The van der Waals surface area contributed by atoms with E-state index in [-0.39, 0.29) is 32.2 Å². The van der Waals surface area contributed by atoms with Crippen molar-refractivity contribution in [3.63, 3.8) is 0 Å². The second kappa shape index (κ2) is 10.1. The normalized spacial score (nSPS) is 18.0. The number of likely N-dealkylation sites (N-methyl/N-ethyl adjacent to an activating group) is 1. The predicted octanol–water partition coefficient (Wildman–Crippen LogP) is 1.31. The van der Waals surface area contributed by atoms with Crippen molar-refractivity contribution in [2.75, 3.05) is 26.7 Å². The van der Waals surface area contributed by atoms with Crippen LogP contribution in [0.25, 0.3) is 0 Å². The Kier molecular flexibility index (Phi) is 7.76. The molecule has 2 rings (SSSR count). The van der Waals surface area contributed by atoms with E-state index in [1.807, 2.05) is 30.3 Å². The molecular formula is C20H29N5O5.